The number of methoxy groups -OCH3 is 2. The van der Waals surface area contributed by atoms with E-state index in [0.29, 0.717) is 23.7 Å². The number of benzene rings is 1. The highest BCUT2D eigenvalue weighted by atomic mass is 16.5. The van der Waals surface area contributed by atoms with Crippen molar-refractivity contribution in [1.29, 1.82) is 0 Å². The van der Waals surface area contributed by atoms with E-state index in [1.165, 1.54) is 0 Å². The van der Waals surface area contributed by atoms with Crippen LogP contribution in [0.1, 0.15) is 25.3 Å². The van der Waals surface area contributed by atoms with Crippen molar-refractivity contribution in [3.05, 3.63) is 29.5 Å². The number of nitrogens with zero attached hydrogens (tertiary/aromatic N) is 1. The van der Waals surface area contributed by atoms with Gasteiger partial charge in [0.25, 0.3) is 0 Å². The first-order valence-electron chi connectivity index (χ1n) is 7.46. The molecule has 0 N–H and O–H groups in total. The lowest BCUT2D eigenvalue weighted by Crippen LogP contribution is -2.17. The van der Waals surface area contributed by atoms with Crippen molar-refractivity contribution in [3.63, 3.8) is 0 Å². The lowest BCUT2D eigenvalue weighted by atomic mass is 10.0. The Labute approximate surface area is 131 Å². The van der Waals surface area contributed by atoms with E-state index in [1.54, 1.807) is 14.2 Å². The standard InChI is InChI=1S/C17H23NO4/c1-5-22-17(19)16(13-7-6-10-18(13)2)12-8-9-14(20-3)15(11-12)21-4/h8-9,11H,5-7,10H2,1-4H3. The molecular formula is C17H23NO4. The number of hydrogen-bond donors (Lipinski definition) is 0. The largest absolute Gasteiger partial charge is 0.493 e. The average molecular weight is 305 g/mol. The van der Waals surface area contributed by atoms with Crippen molar-refractivity contribution in [2.24, 2.45) is 0 Å². The number of likely N-dealkylation sites (tertiary alicyclic amines) is 1. The second-order valence-electron chi connectivity index (χ2n) is 5.14. The zero-order valence-corrected chi connectivity index (χ0v) is 13.6. The first-order valence-corrected chi connectivity index (χ1v) is 7.46. The first-order chi connectivity index (χ1) is 10.6. The molecule has 1 heterocycles. The predicted octanol–water partition coefficient (Wildman–Crippen LogP) is 2.70. The Morgan fingerprint density at radius 3 is 2.50 bits per heavy atom. The molecule has 1 aromatic carbocycles. The van der Waals surface area contributed by atoms with Crippen LogP contribution in [0, 0.1) is 0 Å². The van der Waals surface area contributed by atoms with E-state index in [-0.39, 0.29) is 5.97 Å². The van der Waals surface area contributed by atoms with Crippen LogP contribution in [0.5, 0.6) is 11.5 Å². The first kappa shape index (κ1) is 16.2. The normalized spacial score (nSPS) is 16.5. The Morgan fingerprint density at radius 1 is 1.23 bits per heavy atom. The molecule has 0 unspecified atom stereocenters. The lowest BCUT2D eigenvalue weighted by Gasteiger charge is -2.19. The van der Waals surface area contributed by atoms with Gasteiger partial charge in [0.15, 0.2) is 11.5 Å². The molecule has 0 bridgehead atoms. The van der Waals surface area contributed by atoms with Gasteiger partial charge < -0.3 is 19.1 Å². The van der Waals surface area contributed by atoms with E-state index < -0.39 is 0 Å². The number of carbonyl (C=O) groups excluding carboxylic acids is 1. The van der Waals surface area contributed by atoms with Crippen LogP contribution in [0.2, 0.25) is 0 Å². The van der Waals surface area contributed by atoms with Crippen LogP contribution >= 0.6 is 0 Å². The van der Waals surface area contributed by atoms with Gasteiger partial charge in [-0.25, -0.2) is 4.79 Å². The number of carbonyl (C=O) groups is 1. The second kappa shape index (κ2) is 7.20. The highest BCUT2D eigenvalue weighted by Crippen LogP contribution is 2.34. The van der Waals surface area contributed by atoms with Crippen molar-refractivity contribution in [1.82, 2.24) is 4.90 Å². The fourth-order valence-electron chi connectivity index (χ4n) is 2.72. The Bertz CT molecular complexity index is 580. The Balaban J connectivity index is 2.52. The number of ether oxygens (including phenoxy) is 3. The molecule has 0 spiro atoms. The molecule has 0 aromatic heterocycles. The van der Waals surface area contributed by atoms with Crippen molar-refractivity contribution < 1.29 is 19.0 Å². The van der Waals surface area contributed by atoms with Gasteiger partial charge in [0.2, 0.25) is 0 Å². The maximum atomic E-state index is 12.5. The third-order valence-corrected chi connectivity index (χ3v) is 3.81. The van der Waals surface area contributed by atoms with Crippen LogP contribution < -0.4 is 9.47 Å². The summed E-state index contributed by atoms with van der Waals surface area (Å²) in [6.07, 6.45) is 1.92. The van der Waals surface area contributed by atoms with E-state index >= 15 is 0 Å². The van der Waals surface area contributed by atoms with E-state index in [4.69, 9.17) is 14.2 Å². The molecule has 1 saturated heterocycles. The molecule has 1 aliphatic rings. The van der Waals surface area contributed by atoms with Gasteiger partial charge in [0.1, 0.15) is 0 Å². The third kappa shape index (κ3) is 3.18. The highest BCUT2D eigenvalue weighted by molar-refractivity contribution is 6.17. The molecular weight excluding hydrogens is 282 g/mol. The van der Waals surface area contributed by atoms with E-state index in [0.717, 1.165) is 30.6 Å². The van der Waals surface area contributed by atoms with E-state index in [2.05, 4.69) is 4.90 Å². The molecule has 5 heteroatoms. The summed E-state index contributed by atoms with van der Waals surface area (Å²) in [5.74, 6) is 0.945. The van der Waals surface area contributed by atoms with Crippen LogP contribution in [0.25, 0.3) is 5.57 Å². The maximum absolute atomic E-state index is 12.5. The summed E-state index contributed by atoms with van der Waals surface area (Å²) < 4.78 is 15.9. The number of rotatable bonds is 5. The van der Waals surface area contributed by atoms with Gasteiger partial charge in [-0.05, 0) is 37.5 Å². The fraction of sp³-hybridized carbons (Fsp3) is 0.471. The Hall–Kier alpha value is -2.17. The summed E-state index contributed by atoms with van der Waals surface area (Å²) in [4.78, 5) is 14.6. The third-order valence-electron chi connectivity index (χ3n) is 3.81. The molecule has 1 aliphatic heterocycles. The zero-order valence-electron chi connectivity index (χ0n) is 13.6. The predicted molar refractivity (Wildman–Crippen MR) is 85.0 cm³/mol. The summed E-state index contributed by atoms with van der Waals surface area (Å²) >= 11 is 0. The van der Waals surface area contributed by atoms with Gasteiger partial charge in [-0.1, -0.05) is 6.07 Å². The Morgan fingerprint density at radius 2 is 1.95 bits per heavy atom. The maximum Gasteiger partial charge on any atom is 0.340 e. The van der Waals surface area contributed by atoms with Gasteiger partial charge in [-0.3, -0.25) is 0 Å². The van der Waals surface area contributed by atoms with Crippen molar-refractivity contribution in [3.8, 4) is 11.5 Å². The molecule has 0 amide bonds. The van der Waals surface area contributed by atoms with E-state index in [1.807, 2.05) is 32.2 Å². The van der Waals surface area contributed by atoms with Gasteiger partial charge >= 0.3 is 5.97 Å². The molecule has 1 fully saturated rings. The SMILES string of the molecule is CCOC(=O)C(=C1CCCN1C)c1ccc(OC)c(OC)c1. The second-order valence-corrected chi connectivity index (χ2v) is 5.14. The molecule has 120 valence electrons. The monoisotopic (exact) mass is 305 g/mol. The van der Waals surface area contributed by atoms with Crippen LogP contribution in [-0.4, -0.2) is 45.3 Å². The Kier molecular flexibility index (Phi) is 5.31. The summed E-state index contributed by atoms with van der Waals surface area (Å²) in [5.41, 5.74) is 2.42. The summed E-state index contributed by atoms with van der Waals surface area (Å²) in [7, 11) is 5.18. The van der Waals surface area contributed by atoms with Crippen molar-refractivity contribution >= 4 is 11.5 Å². The van der Waals surface area contributed by atoms with Gasteiger partial charge in [0, 0.05) is 19.3 Å². The lowest BCUT2D eigenvalue weighted by molar-refractivity contribution is -0.136. The average Bonchev–Trinajstić information content (AvgIpc) is 2.93. The molecule has 0 aliphatic carbocycles. The summed E-state index contributed by atoms with van der Waals surface area (Å²) in [6, 6.07) is 5.50. The molecule has 2 rings (SSSR count). The quantitative estimate of drug-likeness (QED) is 0.618. The van der Waals surface area contributed by atoms with Crippen LogP contribution in [0.4, 0.5) is 0 Å². The van der Waals surface area contributed by atoms with Gasteiger partial charge in [0.05, 0.1) is 26.4 Å². The molecule has 5 nitrogen and oxygen atoms in total. The summed E-state index contributed by atoms with van der Waals surface area (Å²) in [5, 5.41) is 0. The smallest absolute Gasteiger partial charge is 0.340 e. The highest BCUT2D eigenvalue weighted by Gasteiger charge is 2.25. The van der Waals surface area contributed by atoms with Crippen LogP contribution in [-0.2, 0) is 9.53 Å². The molecule has 0 atom stereocenters. The fourth-order valence-corrected chi connectivity index (χ4v) is 2.72. The molecule has 0 saturated carbocycles. The van der Waals surface area contributed by atoms with Gasteiger partial charge in [-0.15, -0.1) is 0 Å². The molecule has 1 aromatic rings. The van der Waals surface area contributed by atoms with Gasteiger partial charge in [-0.2, -0.15) is 0 Å². The number of allylic oxidation sites excluding steroid dienone is 1. The van der Waals surface area contributed by atoms with Crippen LogP contribution in [0.15, 0.2) is 23.9 Å². The number of esters is 1. The topological polar surface area (TPSA) is 48.0 Å². The van der Waals surface area contributed by atoms with Crippen LogP contribution in [0.3, 0.4) is 0 Å². The van der Waals surface area contributed by atoms with Crippen molar-refractivity contribution in [2.75, 3.05) is 34.4 Å². The summed E-state index contributed by atoms with van der Waals surface area (Å²) in [6.45, 7) is 3.12. The minimum Gasteiger partial charge on any atom is -0.493 e. The number of hydrogen-bond acceptors (Lipinski definition) is 5. The molecule has 22 heavy (non-hydrogen) atoms. The minimum atomic E-state index is -0.293. The zero-order chi connectivity index (χ0) is 16.1. The van der Waals surface area contributed by atoms with Crippen molar-refractivity contribution in [2.45, 2.75) is 19.8 Å². The molecule has 0 radical (unpaired) electrons. The minimum absolute atomic E-state index is 0.293. The van der Waals surface area contributed by atoms with E-state index in [9.17, 15) is 4.79 Å².